The highest BCUT2D eigenvalue weighted by atomic mass is 16.1. The van der Waals surface area contributed by atoms with E-state index in [0.29, 0.717) is 6.54 Å². The lowest BCUT2D eigenvalue weighted by Crippen LogP contribution is -2.29. The van der Waals surface area contributed by atoms with E-state index < -0.39 is 0 Å². The van der Waals surface area contributed by atoms with Crippen LogP contribution in [0.15, 0.2) is 104 Å². The monoisotopic (exact) mass is 381 g/mol. The van der Waals surface area contributed by atoms with Crippen molar-refractivity contribution in [2.45, 2.75) is 19.0 Å². The van der Waals surface area contributed by atoms with Crippen LogP contribution in [0.2, 0.25) is 0 Å². The van der Waals surface area contributed by atoms with Gasteiger partial charge in [0.1, 0.15) is 0 Å². The van der Waals surface area contributed by atoms with E-state index in [4.69, 9.17) is 0 Å². The minimum absolute atomic E-state index is 0.00453. The average molecular weight is 381 g/mol. The second-order valence-corrected chi connectivity index (χ2v) is 7.02. The molecule has 144 valence electrons. The lowest BCUT2D eigenvalue weighted by molar-refractivity contribution is -0.121. The van der Waals surface area contributed by atoms with Gasteiger partial charge in [-0.25, -0.2) is 4.98 Å². The predicted octanol–water partition coefficient (Wildman–Crippen LogP) is 4.38. The molecule has 0 saturated carbocycles. The van der Waals surface area contributed by atoms with Gasteiger partial charge in [0.15, 0.2) is 0 Å². The summed E-state index contributed by atoms with van der Waals surface area (Å²) in [5.41, 5.74) is 4.26. The third-order valence-electron chi connectivity index (χ3n) is 4.94. The molecular formula is C25H23N3O. The van der Waals surface area contributed by atoms with Crippen LogP contribution in [0.4, 0.5) is 0 Å². The first-order valence-electron chi connectivity index (χ1n) is 9.71. The van der Waals surface area contributed by atoms with Crippen molar-refractivity contribution in [2.24, 2.45) is 0 Å². The summed E-state index contributed by atoms with van der Waals surface area (Å²) in [6, 6.07) is 28.1. The van der Waals surface area contributed by atoms with Gasteiger partial charge in [0.2, 0.25) is 5.91 Å². The molecule has 0 aliphatic carbocycles. The van der Waals surface area contributed by atoms with Gasteiger partial charge < -0.3 is 9.88 Å². The van der Waals surface area contributed by atoms with Crippen LogP contribution in [0.25, 0.3) is 0 Å². The molecule has 4 nitrogen and oxygen atoms in total. The Morgan fingerprint density at radius 2 is 1.41 bits per heavy atom. The largest absolute Gasteiger partial charge is 0.351 e. The van der Waals surface area contributed by atoms with E-state index in [1.165, 1.54) is 5.56 Å². The molecule has 0 spiro atoms. The molecule has 1 heterocycles. The molecule has 0 bridgehead atoms. The lowest BCUT2D eigenvalue weighted by atomic mass is 9.90. The number of nitrogens with zero attached hydrogens (tertiary/aromatic N) is 2. The van der Waals surface area contributed by atoms with Gasteiger partial charge >= 0.3 is 0 Å². The van der Waals surface area contributed by atoms with Crippen LogP contribution in [0.1, 0.15) is 28.2 Å². The van der Waals surface area contributed by atoms with E-state index in [-0.39, 0.29) is 11.8 Å². The summed E-state index contributed by atoms with van der Waals surface area (Å²) >= 11 is 0. The molecule has 4 heteroatoms. The zero-order valence-electron chi connectivity index (χ0n) is 16.1. The van der Waals surface area contributed by atoms with Gasteiger partial charge in [-0.15, -0.1) is 0 Å². The Kier molecular flexibility index (Phi) is 5.81. The van der Waals surface area contributed by atoms with Crippen LogP contribution in [0.3, 0.4) is 0 Å². The molecule has 0 atom stereocenters. The molecule has 1 aromatic heterocycles. The van der Waals surface area contributed by atoms with Crippen molar-refractivity contribution >= 4 is 5.91 Å². The fourth-order valence-corrected chi connectivity index (χ4v) is 3.43. The molecule has 1 N–H and O–H groups in total. The van der Waals surface area contributed by atoms with Gasteiger partial charge in [-0.3, -0.25) is 4.79 Å². The molecule has 4 aromatic rings. The smallest absolute Gasteiger partial charge is 0.232 e. The minimum Gasteiger partial charge on any atom is -0.351 e. The zero-order chi connectivity index (χ0) is 19.9. The van der Waals surface area contributed by atoms with Crippen molar-refractivity contribution < 1.29 is 4.79 Å². The van der Waals surface area contributed by atoms with Crippen LogP contribution >= 0.6 is 0 Å². The van der Waals surface area contributed by atoms with Gasteiger partial charge in [0, 0.05) is 25.5 Å². The maximum atomic E-state index is 13.1. The lowest BCUT2D eigenvalue weighted by Gasteiger charge is -2.18. The third kappa shape index (κ3) is 4.79. The van der Waals surface area contributed by atoms with E-state index in [1.54, 1.807) is 12.5 Å². The van der Waals surface area contributed by atoms with E-state index in [9.17, 15) is 4.79 Å². The summed E-state index contributed by atoms with van der Waals surface area (Å²) in [7, 11) is 0. The Bertz CT molecular complexity index is 987. The van der Waals surface area contributed by atoms with Gasteiger partial charge in [0.25, 0.3) is 0 Å². The normalized spacial score (nSPS) is 10.8. The van der Waals surface area contributed by atoms with Crippen molar-refractivity contribution in [1.29, 1.82) is 0 Å². The van der Waals surface area contributed by atoms with Crippen LogP contribution in [-0.4, -0.2) is 15.5 Å². The molecule has 29 heavy (non-hydrogen) atoms. The molecule has 1 amide bonds. The molecule has 0 fully saturated rings. The van der Waals surface area contributed by atoms with Crippen LogP contribution in [-0.2, 0) is 17.9 Å². The number of imidazole rings is 1. The topological polar surface area (TPSA) is 46.9 Å². The van der Waals surface area contributed by atoms with Crippen LogP contribution in [0, 0.1) is 0 Å². The third-order valence-corrected chi connectivity index (χ3v) is 4.94. The molecule has 0 aliphatic heterocycles. The number of carbonyl (C=O) groups excluding carboxylic acids is 1. The fourth-order valence-electron chi connectivity index (χ4n) is 3.43. The van der Waals surface area contributed by atoms with Crippen molar-refractivity contribution in [3.05, 3.63) is 126 Å². The van der Waals surface area contributed by atoms with Gasteiger partial charge in [-0.05, 0) is 22.3 Å². The number of amides is 1. The molecule has 0 aliphatic rings. The highest BCUT2D eigenvalue weighted by Crippen LogP contribution is 2.24. The summed E-state index contributed by atoms with van der Waals surface area (Å²) in [5, 5.41) is 3.11. The maximum Gasteiger partial charge on any atom is 0.232 e. The summed E-state index contributed by atoms with van der Waals surface area (Å²) in [4.78, 5) is 17.1. The maximum absolute atomic E-state index is 13.1. The Morgan fingerprint density at radius 1 is 0.828 bits per heavy atom. The first-order chi connectivity index (χ1) is 14.3. The summed E-state index contributed by atoms with van der Waals surface area (Å²) in [6.07, 6.45) is 5.53. The van der Waals surface area contributed by atoms with Crippen molar-refractivity contribution in [3.8, 4) is 0 Å². The number of rotatable bonds is 7. The van der Waals surface area contributed by atoms with Gasteiger partial charge in [-0.2, -0.15) is 0 Å². The van der Waals surface area contributed by atoms with E-state index in [1.807, 2.05) is 71.4 Å². The quantitative estimate of drug-likeness (QED) is 0.516. The Balaban J connectivity index is 1.44. The number of hydrogen-bond acceptors (Lipinski definition) is 2. The first kappa shape index (κ1) is 18.7. The molecule has 0 saturated heterocycles. The average Bonchev–Trinajstić information content (AvgIpc) is 3.28. The fraction of sp³-hybridized carbons (Fsp3) is 0.120. The minimum atomic E-state index is -0.321. The number of aromatic nitrogens is 2. The first-order valence-corrected chi connectivity index (χ1v) is 9.71. The van der Waals surface area contributed by atoms with Crippen molar-refractivity contribution in [1.82, 2.24) is 14.9 Å². The standard InChI is InChI=1S/C25H23N3O/c29-25(24(22-7-3-1-4-8-22)23-9-5-2-6-10-23)27-17-20-11-13-21(14-12-20)18-28-16-15-26-19-28/h1-16,19,24H,17-18H2,(H,27,29). The second-order valence-electron chi connectivity index (χ2n) is 7.02. The molecule has 4 rings (SSSR count). The zero-order valence-corrected chi connectivity index (χ0v) is 16.1. The summed E-state index contributed by atoms with van der Waals surface area (Å²) < 4.78 is 2.03. The number of benzene rings is 3. The van der Waals surface area contributed by atoms with Crippen LogP contribution in [0.5, 0.6) is 0 Å². The van der Waals surface area contributed by atoms with Crippen molar-refractivity contribution in [3.63, 3.8) is 0 Å². The SMILES string of the molecule is O=C(NCc1ccc(Cn2ccnc2)cc1)C(c1ccccc1)c1ccccc1. The Morgan fingerprint density at radius 3 is 1.97 bits per heavy atom. The number of hydrogen-bond donors (Lipinski definition) is 1. The molecule has 0 radical (unpaired) electrons. The second kappa shape index (κ2) is 9.02. The molecular weight excluding hydrogens is 358 g/mol. The van der Waals surface area contributed by atoms with E-state index in [2.05, 4.69) is 34.6 Å². The Labute approximate surface area is 170 Å². The molecule has 3 aromatic carbocycles. The highest BCUT2D eigenvalue weighted by Gasteiger charge is 2.22. The number of nitrogens with one attached hydrogen (secondary N) is 1. The summed E-state index contributed by atoms with van der Waals surface area (Å²) in [5.74, 6) is -0.317. The van der Waals surface area contributed by atoms with Gasteiger partial charge in [0.05, 0.1) is 12.2 Å². The Hall–Kier alpha value is -3.66. The van der Waals surface area contributed by atoms with Gasteiger partial charge in [-0.1, -0.05) is 84.9 Å². The van der Waals surface area contributed by atoms with Crippen molar-refractivity contribution in [2.75, 3.05) is 0 Å². The summed E-state index contributed by atoms with van der Waals surface area (Å²) in [6.45, 7) is 1.29. The predicted molar refractivity (Wildman–Crippen MR) is 114 cm³/mol. The van der Waals surface area contributed by atoms with Crippen LogP contribution < -0.4 is 5.32 Å². The highest BCUT2D eigenvalue weighted by molar-refractivity contribution is 5.87. The molecule has 0 unspecified atom stereocenters. The van der Waals surface area contributed by atoms with E-state index in [0.717, 1.165) is 23.2 Å². The van der Waals surface area contributed by atoms with E-state index >= 15 is 0 Å². The number of carbonyl (C=O) groups is 1.